The summed E-state index contributed by atoms with van der Waals surface area (Å²) in [5.74, 6) is 0.0763. The van der Waals surface area contributed by atoms with E-state index in [0.29, 0.717) is 18.2 Å². The Bertz CT molecular complexity index is 832. The zero-order valence-electron chi connectivity index (χ0n) is 14.1. The summed E-state index contributed by atoms with van der Waals surface area (Å²) in [7, 11) is 1.77. The monoisotopic (exact) mass is 340 g/mol. The number of carbonyl (C=O) groups is 1. The highest BCUT2D eigenvalue weighted by molar-refractivity contribution is 5.85. The maximum absolute atomic E-state index is 10.7. The van der Waals surface area contributed by atoms with Gasteiger partial charge in [0.25, 0.3) is 0 Å². The predicted octanol–water partition coefficient (Wildman–Crippen LogP) is 2.44. The van der Waals surface area contributed by atoms with E-state index in [-0.39, 0.29) is 6.42 Å². The number of pyridine rings is 1. The molecule has 0 fully saturated rings. The van der Waals surface area contributed by atoms with Gasteiger partial charge in [0.15, 0.2) is 0 Å². The van der Waals surface area contributed by atoms with Gasteiger partial charge in [-0.3, -0.25) is 4.79 Å². The van der Waals surface area contributed by atoms with Crippen LogP contribution < -0.4 is 9.64 Å². The van der Waals surface area contributed by atoms with Gasteiger partial charge in [-0.2, -0.15) is 4.98 Å². The van der Waals surface area contributed by atoms with Crippen LogP contribution in [0.25, 0.3) is 5.57 Å². The summed E-state index contributed by atoms with van der Waals surface area (Å²) in [6.45, 7) is 2.35. The van der Waals surface area contributed by atoms with Crippen molar-refractivity contribution in [3.8, 4) is 5.88 Å². The highest BCUT2D eigenvalue weighted by Gasteiger charge is 2.23. The summed E-state index contributed by atoms with van der Waals surface area (Å²) < 4.78 is 5.46. The Morgan fingerprint density at radius 1 is 1.24 bits per heavy atom. The molecule has 1 aliphatic heterocycles. The van der Waals surface area contributed by atoms with E-state index in [1.54, 1.807) is 18.0 Å². The number of anilines is 1. The van der Waals surface area contributed by atoms with Crippen molar-refractivity contribution in [1.82, 2.24) is 4.98 Å². The number of aliphatic carboxylic acids is 1. The third-order valence-corrected chi connectivity index (χ3v) is 4.16. The van der Waals surface area contributed by atoms with Gasteiger partial charge in [-0.05, 0) is 41.8 Å². The standard InChI is InChI=1S/C19H20N2O4/c1-12-5-3-4-6-13(12)15-11-18(24)25-19-14(15)7-8-16(20-19)21(2)10-9-17(22)23/h3-8,11,18,24H,9-10H2,1-2H3,(H,22,23). The Labute approximate surface area is 146 Å². The Balaban J connectivity index is 1.95. The van der Waals surface area contributed by atoms with Crippen LogP contribution in [0.5, 0.6) is 5.88 Å². The van der Waals surface area contributed by atoms with Crippen LogP contribution in [0.1, 0.15) is 23.1 Å². The normalized spacial score (nSPS) is 15.8. The van der Waals surface area contributed by atoms with E-state index < -0.39 is 12.3 Å². The first-order valence-electron chi connectivity index (χ1n) is 8.02. The minimum absolute atomic E-state index is 0.0209. The van der Waals surface area contributed by atoms with Crippen LogP contribution >= 0.6 is 0 Å². The highest BCUT2D eigenvalue weighted by atomic mass is 16.6. The van der Waals surface area contributed by atoms with Crippen LogP contribution in [-0.4, -0.2) is 41.0 Å². The molecule has 1 atom stereocenters. The first-order valence-corrected chi connectivity index (χ1v) is 8.02. The Morgan fingerprint density at radius 3 is 2.72 bits per heavy atom. The molecule has 1 aromatic heterocycles. The summed E-state index contributed by atoms with van der Waals surface area (Å²) >= 11 is 0. The number of carboxylic acids is 1. The topological polar surface area (TPSA) is 82.9 Å². The second-order valence-corrected chi connectivity index (χ2v) is 5.99. The van der Waals surface area contributed by atoms with Crippen LogP contribution in [0.2, 0.25) is 0 Å². The van der Waals surface area contributed by atoms with Gasteiger partial charge in [-0.15, -0.1) is 0 Å². The van der Waals surface area contributed by atoms with Crippen LogP contribution in [0.3, 0.4) is 0 Å². The van der Waals surface area contributed by atoms with Crippen LogP contribution in [0, 0.1) is 6.92 Å². The number of aryl methyl sites for hydroxylation is 1. The zero-order chi connectivity index (χ0) is 18.0. The molecule has 3 rings (SSSR count). The van der Waals surface area contributed by atoms with Gasteiger partial charge in [0.2, 0.25) is 12.2 Å². The lowest BCUT2D eigenvalue weighted by Gasteiger charge is -2.25. The van der Waals surface area contributed by atoms with E-state index >= 15 is 0 Å². The fourth-order valence-corrected chi connectivity index (χ4v) is 2.81. The molecule has 0 amide bonds. The van der Waals surface area contributed by atoms with Gasteiger partial charge in [-0.1, -0.05) is 24.3 Å². The largest absolute Gasteiger partial charge is 0.481 e. The molecule has 0 radical (unpaired) electrons. The molecule has 0 bridgehead atoms. The van der Waals surface area contributed by atoms with Crippen molar-refractivity contribution in [3.63, 3.8) is 0 Å². The number of rotatable bonds is 5. The number of aliphatic hydroxyl groups excluding tert-OH is 1. The second-order valence-electron chi connectivity index (χ2n) is 5.99. The van der Waals surface area contributed by atoms with Gasteiger partial charge in [0.05, 0.1) is 6.42 Å². The average Bonchev–Trinajstić information content (AvgIpc) is 2.58. The molecule has 0 spiro atoms. The summed E-state index contributed by atoms with van der Waals surface area (Å²) in [5.41, 5.74) is 3.78. The molecule has 1 aromatic carbocycles. The highest BCUT2D eigenvalue weighted by Crippen LogP contribution is 2.36. The number of aliphatic hydroxyl groups is 1. The molecular formula is C19H20N2O4. The predicted molar refractivity (Wildman–Crippen MR) is 94.7 cm³/mol. The fourth-order valence-electron chi connectivity index (χ4n) is 2.81. The van der Waals surface area contributed by atoms with Crippen LogP contribution in [-0.2, 0) is 4.79 Å². The van der Waals surface area contributed by atoms with Gasteiger partial charge in [0.1, 0.15) is 5.82 Å². The number of hydrogen-bond acceptors (Lipinski definition) is 5. The first kappa shape index (κ1) is 17.0. The maximum atomic E-state index is 10.7. The molecular weight excluding hydrogens is 320 g/mol. The molecule has 6 nitrogen and oxygen atoms in total. The molecule has 2 N–H and O–H groups in total. The zero-order valence-corrected chi connectivity index (χ0v) is 14.1. The van der Waals surface area contributed by atoms with Gasteiger partial charge in [-0.25, -0.2) is 0 Å². The van der Waals surface area contributed by atoms with Crippen molar-refractivity contribution in [2.75, 3.05) is 18.5 Å². The summed E-state index contributed by atoms with van der Waals surface area (Å²) in [6.07, 6.45) is 0.613. The molecule has 2 heterocycles. The van der Waals surface area contributed by atoms with Crippen LogP contribution in [0.15, 0.2) is 42.5 Å². The third-order valence-electron chi connectivity index (χ3n) is 4.16. The summed E-state index contributed by atoms with van der Waals surface area (Å²) in [6, 6.07) is 11.6. The Kier molecular flexibility index (Phi) is 4.72. The number of fused-ring (bicyclic) bond motifs is 1. The number of nitrogens with zero attached hydrogens (tertiary/aromatic N) is 2. The summed E-state index contributed by atoms with van der Waals surface area (Å²) in [5, 5.41) is 18.9. The second kappa shape index (κ2) is 6.94. The SMILES string of the molecule is Cc1ccccc1C1=CC(O)Oc2nc(N(C)CCC(=O)O)ccc21. The van der Waals surface area contributed by atoms with E-state index in [1.807, 2.05) is 43.3 Å². The molecule has 0 saturated carbocycles. The van der Waals surface area contributed by atoms with E-state index in [4.69, 9.17) is 9.84 Å². The smallest absolute Gasteiger partial charge is 0.305 e. The van der Waals surface area contributed by atoms with E-state index in [0.717, 1.165) is 22.3 Å². The molecule has 1 aliphatic rings. The molecule has 0 saturated heterocycles. The molecule has 1 unspecified atom stereocenters. The van der Waals surface area contributed by atoms with Crippen LogP contribution in [0.4, 0.5) is 5.82 Å². The molecule has 130 valence electrons. The van der Waals surface area contributed by atoms with Crippen molar-refractivity contribution in [3.05, 3.63) is 59.2 Å². The lowest BCUT2D eigenvalue weighted by molar-refractivity contribution is -0.136. The average molecular weight is 340 g/mol. The molecule has 25 heavy (non-hydrogen) atoms. The van der Waals surface area contributed by atoms with Gasteiger partial charge >= 0.3 is 5.97 Å². The van der Waals surface area contributed by atoms with E-state index in [1.165, 1.54) is 0 Å². The quantitative estimate of drug-likeness (QED) is 0.870. The van der Waals surface area contributed by atoms with Gasteiger partial charge < -0.3 is 19.8 Å². The molecule has 0 aliphatic carbocycles. The van der Waals surface area contributed by atoms with Crippen molar-refractivity contribution in [1.29, 1.82) is 0 Å². The lowest BCUT2D eigenvalue weighted by Crippen LogP contribution is -2.24. The Morgan fingerprint density at radius 2 is 2.00 bits per heavy atom. The first-order chi connectivity index (χ1) is 12.0. The lowest BCUT2D eigenvalue weighted by atomic mass is 9.93. The molecule has 2 aromatic rings. The van der Waals surface area contributed by atoms with Crippen molar-refractivity contribution < 1.29 is 19.7 Å². The number of benzene rings is 1. The number of aromatic nitrogens is 1. The van der Waals surface area contributed by atoms with Gasteiger partial charge in [0, 0.05) is 19.2 Å². The minimum Gasteiger partial charge on any atom is -0.481 e. The number of hydrogen-bond donors (Lipinski definition) is 2. The maximum Gasteiger partial charge on any atom is 0.305 e. The van der Waals surface area contributed by atoms with Crippen molar-refractivity contribution in [2.24, 2.45) is 0 Å². The van der Waals surface area contributed by atoms with E-state index in [9.17, 15) is 9.90 Å². The third kappa shape index (κ3) is 3.64. The van der Waals surface area contributed by atoms with E-state index in [2.05, 4.69) is 4.98 Å². The Hall–Kier alpha value is -2.86. The fraction of sp³-hybridized carbons (Fsp3) is 0.263. The molecule has 6 heteroatoms. The van der Waals surface area contributed by atoms with Crippen molar-refractivity contribution in [2.45, 2.75) is 19.6 Å². The minimum atomic E-state index is -1.07. The number of carboxylic acid groups (broad SMARTS) is 1. The van der Waals surface area contributed by atoms with Crippen molar-refractivity contribution >= 4 is 17.4 Å². The summed E-state index contributed by atoms with van der Waals surface area (Å²) in [4.78, 5) is 16.9. The number of ether oxygens (including phenoxy) is 1.